The maximum absolute atomic E-state index is 7.09. The molecule has 6 heteroatoms. The van der Waals surface area contributed by atoms with E-state index in [0.717, 1.165) is 50.1 Å². The van der Waals surface area contributed by atoms with Gasteiger partial charge in [0.2, 0.25) is 0 Å². The van der Waals surface area contributed by atoms with Gasteiger partial charge in [0.25, 0.3) is 0 Å². The predicted molar refractivity (Wildman–Crippen MR) is 322 cm³/mol. The Hall–Kier alpha value is -7.46. The second kappa shape index (κ2) is 21.4. The van der Waals surface area contributed by atoms with Gasteiger partial charge in [-0.1, -0.05) is 209 Å². The van der Waals surface area contributed by atoms with Crippen LogP contribution in [0.5, 0.6) is 11.5 Å². The number of nitrogens with zero attached hydrogens (tertiary/aromatic N) is 4. The van der Waals surface area contributed by atoms with E-state index in [2.05, 4.69) is 298 Å². The number of fused-ring (bicyclic) bond motifs is 3. The normalized spacial score (nSPS) is 13.0. The standard InChI is InChI=1S/C72H69N4O.Pt/c1-48(2)62-28-21-29-63(49(3)4)69(62)52-38-58(74-36-37-75(47-74)59-42-56(71(8,9)53-24-17-13-18-25-53)41-57(43-59)72(10,11)54-26-19-14-20-27-54)45-61(39-52)77-60-31-32-64-65-40-51(50-22-15-12-16-23-50)30-33-66(65)76(67(64)46-60)68-44-55(34-35-73-68)70(5,6)7;/h12-44,47-49H,1-11H3;/q-3;. The molecular weight excluding hydrogens is 1130 g/mol. The summed E-state index contributed by atoms with van der Waals surface area (Å²) in [6.07, 6.45) is 6.21. The van der Waals surface area contributed by atoms with Crippen LogP contribution in [0.1, 0.15) is 127 Å². The van der Waals surface area contributed by atoms with Crippen LogP contribution >= 0.6 is 0 Å². The van der Waals surface area contributed by atoms with Gasteiger partial charge < -0.3 is 19.1 Å². The molecule has 0 saturated carbocycles. The third-order valence-corrected chi connectivity index (χ3v) is 15.9. The smallest absolute Gasteiger partial charge is 0.135 e. The van der Waals surface area contributed by atoms with Crippen molar-refractivity contribution in [3.05, 3.63) is 258 Å². The van der Waals surface area contributed by atoms with Crippen LogP contribution in [0.4, 0.5) is 11.4 Å². The molecule has 1 aliphatic heterocycles. The molecule has 11 rings (SSSR count). The minimum atomic E-state index is -0.263. The largest absolute Gasteiger partial charge is 0.509 e. The van der Waals surface area contributed by atoms with Gasteiger partial charge in [0.15, 0.2) is 0 Å². The summed E-state index contributed by atoms with van der Waals surface area (Å²) in [4.78, 5) is 9.41. The van der Waals surface area contributed by atoms with Crippen molar-refractivity contribution in [3.63, 3.8) is 0 Å². The molecule has 3 heterocycles. The summed E-state index contributed by atoms with van der Waals surface area (Å²) in [5.41, 5.74) is 16.8. The molecule has 0 atom stereocenters. The van der Waals surface area contributed by atoms with E-state index in [0.29, 0.717) is 23.3 Å². The molecule has 0 bridgehead atoms. The van der Waals surface area contributed by atoms with E-state index in [1.54, 1.807) is 0 Å². The van der Waals surface area contributed by atoms with Gasteiger partial charge in [0.1, 0.15) is 5.82 Å². The van der Waals surface area contributed by atoms with Gasteiger partial charge >= 0.3 is 0 Å². The summed E-state index contributed by atoms with van der Waals surface area (Å²) in [5.74, 6) is 2.61. The molecule has 396 valence electrons. The Morgan fingerprint density at radius 2 is 1.09 bits per heavy atom. The molecule has 78 heavy (non-hydrogen) atoms. The molecule has 0 radical (unpaired) electrons. The first kappa shape index (κ1) is 53.9. The quantitative estimate of drug-likeness (QED) is 0.108. The van der Waals surface area contributed by atoms with Gasteiger partial charge in [-0.05, 0) is 121 Å². The van der Waals surface area contributed by atoms with Gasteiger partial charge in [0.05, 0.1) is 0 Å². The van der Waals surface area contributed by atoms with Crippen molar-refractivity contribution in [1.29, 1.82) is 0 Å². The fraction of sp³-hybridized carbons (Fsp3) is 0.222. The summed E-state index contributed by atoms with van der Waals surface area (Å²) in [7, 11) is 0. The molecule has 10 aromatic rings. The second-order valence-electron chi connectivity index (χ2n) is 23.5. The number of pyridine rings is 1. The van der Waals surface area contributed by atoms with Crippen molar-refractivity contribution in [2.75, 3.05) is 9.80 Å². The van der Waals surface area contributed by atoms with Crippen LogP contribution < -0.4 is 14.5 Å². The molecule has 2 aromatic heterocycles. The molecule has 8 aromatic carbocycles. The van der Waals surface area contributed by atoms with E-state index in [9.17, 15) is 0 Å². The van der Waals surface area contributed by atoms with Gasteiger partial charge in [-0.3, -0.25) is 0 Å². The van der Waals surface area contributed by atoms with Gasteiger partial charge in [-0.25, -0.2) is 4.98 Å². The zero-order valence-electron chi connectivity index (χ0n) is 46.8. The molecule has 0 amide bonds. The summed E-state index contributed by atoms with van der Waals surface area (Å²) < 4.78 is 9.32. The first-order chi connectivity index (χ1) is 36.9. The first-order valence-electron chi connectivity index (χ1n) is 27.2. The molecule has 0 saturated heterocycles. The number of ether oxygens (including phenoxy) is 1. The molecule has 1 aliphatic rings. The van der Waals surface area contributed by atoms with Crippen molar-refractivity contribution in [2.24, 2.45) is 0 Å². The van der Waals surface area contributed by atoms with Crippen LogP contribution in [0.3, 0.4) is 0 Å². The Labute approximate surface area is 477 Å². The van der Waals surface area contributed by atoms with Crippen LogP contribution in [0.2, 0.25) is 0 Å². The van der Waals surface area contributed by atoms with Crippen molar-refractivity contribution in [2.45, 2.75) is 104 Å². The molecule has 0 aliphatic carbocycles. The Morgan fingerprint density at radius 1 is 0.487 bits per heavy atom. The van der Waals surface area contributed by atoms with Crippen molar-refractivity contribution in [3.8, 4) is 39.6 Å². The molecular formula is C72H69N4OPt-3. The summed E-state index contributed by atoms with van der Waals surface area (Å²) in [6, 6.07) is 73.4. The van der Waals surface area contributed by atoms with Crippen molar-refractivity contribution >= 4 is 33.2 Å². The van der Waals surface area contributed by atoms with E-state index in [1.165, 1.54) is 50.1 Å². The second-order valence-corrected chi connectivity index (χ2v) is 23.5. The minimum absolute atomic E-state index is 0. The average molecular weight is 1200 g/mol. The van der Waals surface area contributed by atoms with Crippen molar-refractivity contribution in [1.82, 2.24) is 9.55 Å². The van der Waals surface area contributed by atoms with Gasteiger partial charge in [0, 0.05) is 60.8 Å². The molecule has 0 unspecified atom stereocenters. The van der Waals surface area contributed by atoms with Gasteiger partial charge in [-0.2, -0.15) is 6.07 Å². The number of benzene rings is 8. The Morgan fingerprint density at radius 3 is 1.69 bits per heavy atom. The maximum atomic E-state index is 7.09. The van der Waals surface area contributed by atoms with Crippen LogP contribution in [0.15, 0.2) is 201 Å². The maximum Gasteiger partial charge on any atom is 0.135 e. The van der Waals surface area contributed by atoms with Crippen LogP contribution in [-0.2, 0) is 37.3 Å². The first-order valence-corrected chi connectivity index (χ1v) is 27.2. The predicted octanol–water partition coefficient (Wildman–Crippen LogP) is 19.0. The molecule has 5 nitrogen and oxygen atoms in total. The number of hydrogen-bond donors (Lipinski definition) is 0. The monoisotopic (exact) mass is 1200 g/mol. The van der Waals surface area contributed by atoms with Crippen LogP contribution in [0, 0.1) is 18.8 Å². The molecule has 0 fully saturated rings. The zero-order valence-corrected chi connectivity index (χ0v) is 49.1. The molecule has 0 spiro atoms. The SMILES string of the molecule is CC(C)c1cccc(C(C)C)c1-c1cc(Oc2[c-]c3c(cc2)c2cc(-c4ccccc4)ccc2n3-c2cc(C(C)(C)C)ccn2)[c-]c(N2C=CN(c3cc(C(C)(C)c4ccccc4)cc(C(C)(C)c4ccccc4)c3)[CH-]2)c1.[Pt]. The molecule has 0 N–H and O–H groups in total. The summed E-state index contributed by atoms with van der Waals surface area (Å²) >= 11 is 0. The van der Waals surface area contributed by atoms with Gasteiger partial charge in [-0.15, -0.1) is 53.6 Å². The van der Waals surface area contributed by atoms with Crippen molar-refractivity contribution < 1.29 is 25.8 Å². The Bertz CT molecular complexity index is 3710. The number of anilines is 2. The fourth-order valence-corrected chi connectivity index (χ4v) is 11.1. The number of aromatic nitrogens is 2. The number of hydrogen-bond acceptors (Lipinski definition) is 4. The van der Waals surface area contributed by atoms with E-state index in [4.69, 9.17) is 9.72 Å². The van der Waals surface area contributed by atoms with E-state index in [1.807, 2.05) is 12.3 Å². The number of rotatable bonds is 13. The fourth-order valence-electron chi connectivity index (χ4n) is 11.1. The summed E-state index contributed by atoms with van der Waals surface area (Å²) in [6.45, 7) is 27.3. The third kappa shape index (κ3) is 10.4. The van der Waals surface area contributed by atoms with E-state index in [-0.39, 0.29) is 37.3 Å². The summed E-state index contributed by atoms with van der Waals surface area (Å²) in [5, 5.41) is 2.20. The minimum Gasteiger partial charge on any atom is -0.509 e. The van der Waals surface area contributed by atoms with E-state index < -0.39 is 0 Å². The van der Waals surface area contributed by atoms with Crippen LogP contribution in [-0.4, -0.2) is 9.55 Å². The Kier molecular flexibility index (Phi) is 14.8. The zero-order chi connectivity index (χ0) is 53.8. The Balaban J connectivity index is 0.00000688. The average Bonchev–Trinajstić information content (AvgIpc) is 4.27. The topological polar surface area (TPSA) is 33.5 Å². The van der Waals surface area contributed by atoms with E-state index >= 15 is 0 Å². The third-order valence-electron chi connectivity index (χ3n) is 15.9. The van der Waals surface area contributed by atoms with Crippen LogP contribution in [0.25, 0.3) is 49.9 Å².